The third-order valence-corrected chi connectivity index (χ3v) is 3.32. The minimum atomic E-state index is -0.879. The largest absolute Gasteiger partial charge is 0.332 e. The van der Waals surface area contributed by atoms with E-state index in [0.717, 1.165) is 24.3 Å². The first-order valence-electron chi connectivity index (χ1n) is 6.90. The summed E-state index contributed by atoms with van der Waals surface area (Å²) in [5, 5.41) is 3.82. The van der Waals surface area contributed by atoms with Crippen LogP contribution in [0.1, 0.15) is 18.5 Å². The summed E-state index contributed by atoms with van der Waals surface area (Å²) in [6.07, 6.45) is 0. The second-order valence-electron chi connectivity index (χ2n) is 5.07. The number of hydrogen-bond donors (Lipinski definition) is 2. The molecule has 0 spiro atoms. The summed E-state index contributed by atoms with van der Waals surface area (Å²) in [4.78, 5) is 11.8. The van der Waals surface area contributed by atoms with Crippen molar-refractivity contribution in [3.63, 3.8) is 0 Å². The molecular weight excluding hydrogens is 312 g/mol. The number of rotatable bonds is 5. The first-order valence-corrected chi connectivity index (χ1v) is 6.90. The van der Waals surface area contributed by atoms with Crippen molar-refractivity contribution in [3.8, 4) is 0 Å². The lowest BCUT2D eigenvalue weighted by Gasteiger charge is -2.12. The Bertz CT molecular complexity index is 721. The number of benzene rings is 2. The lowest BCUT2D eigenvalue weighted by Crippen LogP contribution is -2.86. The van der Waals surface area contributed by atoms with Gasteiger partial charge >= 0.3 is 0 Å². The number of nitrogens with one attached hydrogen (secondary N) is 1. The van der Waals surface area contributed by atoms with E-state index in [1.807, 2.05) is 0 Å². The molecule has 122 valence electrons. The normalized spacial score (nSPS) is 12.0. The zero-order chi connectivity index (χ0) is 17.0. The molecule has 2 rings (SSSR count). The van der Waals surface area contributed by atoms with Gasteiger partial charge in [0, 0.05) is 17.7 Å². The molecule has 0 heterocycles. The highest BCUT2D eigenvalue weighted by Crippen LogP contribution is 2.15. The Morgan fingerprint density at radius 3 is 2.26 bits per heavy atom. The molecule has 0 radical (unpaired) electrons. The van der Waals surface area contributed by atoms with E-state index in [1.54, 1.807) is 6.92 Å². The van der Waals surface area contributed by atoms with Gasteiger partial charge in [-0.15, -0.1) is 0 Å². The van der Waals surface area contributed by atoms with Gasteiger partial charge < -0.3 is 10.6 Å². The maximum Gasteiger partial charge on any atom is 0.279 e. The van der Waals surface area contributed by atoms with Gasteiger partial charge in [-0.1, -0.05) is 0 Å². The average Bonchev–Trinajstić information content (AvgIpc) is 2.48. The maximum absolute atomic E-state index is 13.6. The predicted octanol–water partition coefficient (Wildman–Crippen LogP) is 2.51. The van der Waals surface area contributed by atoms with E-state index in [4.69, 9.17) is 0 Å². The van der Waals surface area contributed by atoms with Gasteiger partial charge in [0.25, 0.3) is 5.91 Å². The Balaban J connectivity index is 1.93. The van der Waals surface area contributed by atoms with Crippen LogP contribution in [-0.2, 0) is 4.79 Å². The van der Waals surface area contributed by atoms with Crippen LogP contribution in [0.3, 0.4) is 0 Å². The summed E-state index contributed by atoms with van der Waals surface area (Å²) in [6, 6.07) is 5.59. The second kappa shape index (κ2) is 7.23. The number of nitrogens with two attached hydrogens (primary N) is 1. The molecule has 0 aliphatic heterocycles. The summed E-state index contributed by atoms with van der Waals surface area (Å²) in [6.45, 7) is 1.55. The van der Waals surface area contributed by atoms with Gasteiger partial charge in [0.15, 0.2) is 6.54 Å². The molecule has 0 saturated carbocycles. The molecule has 0 unspecified atom stereocenters. The minimum Gasteiger partial charge on any atom is -0.332 e. The number of quaternary nitrogens is 1. The average molecular weight is 327 g/mol. The van der Waals surface area contributed by atoms with Crippen molar-refractivity contribution in [1.82, 2.24) is 0 Å². The number of carbonyl (C=O) groups is 1. The van der Waals surface area contributed by atoms with E-state index in [0.29, 0.717) is 6.07 Å². The maximum atomic E-state index is 13.6. The van der Waals surface area contributed by atoms with E-state index in [9.17, 15) is 22.4 Å². The van der Waals surface area contributed by atoms with Crippen LogP contribution < -0.4 is 10.6 Å². The molecule has 23 heavy (non-hydrogen) atoms. The van der Waals surface area contributed by atoms with Gasteiger partial charge in [0.05, 0.1) is 5.69 Å². The van der Waals surface area contributed by atoms with Crippen LogP contribution in [0, 0.1) is 23.3 Å². The number of hydrogen-bond acceptors (Lipinski definition) is 1. The van der Waals surface area contributed by atoms with E-state index in [-0.39, 0.29) is 17.8 Å². The van der Waals surface area contributed by atoms with Crippen molar-refractivity contribution in [2.45, 2.75) is 13.0 Å². The molecule has 0 aromatic heterocycles. The lowest BCUT2D eigenvalue weighted by atomic mass is 10.1. The van der Waals surface area contributed by atoms with Crippen LogP contribution >= 0.6 is 0 Å². The smallest absolute Gasteiger partial charge is 0.279 e. The van der Waals surface area contributed by atoms with E-state index in [1.165, 1.54) is 11.4 Å². The molecule has 0 bridgehead atoms. The van der Waals surface area contributed by atoms with Crippen LogP contribution in [0.25, 0.3) is 0 Å². The standard InChI is InChI=1S/C16H14F4N2O/c1-9(12-4-2-10(17)6-13(12)19)21-8-16(23)22-15-5-3-11(18)7-14(15)20/h2-7,9,21H,8H2,1H3,(H,22,23)/p+1/t9-/m0/s1. The van der Waals surface area contributed by atoms with Crippen LogP contribution in [-0.4, -0.2) is 12.5 Å². The van der Waals surface area contributed by atoms with Crippen molar-refractivity contribution < 1.29 is 27.7 Å². The van der Waals surface area contributed by atoms with Crippen molar-refractivity contribution >= 4 is 11.6 Å². The summed E-state index contributed by atoms with van der Waals surface area (Å²) >= 11 is 0. The quantitative estimate of drug-likeness (QED) is 0.815. The van der Waals surface area contributed by atoms with Crippen LogP contribution in [0.5, 0.6) is 0 Å². The third-order valence-electron chi connectivity index (χ3n) is 3.32. The Kier molecular flexibility index (Phi) is 5.33. The minimum absolute atomic E-state index is 0.102. The molecule has 0 saturated heterocycles. The fourth-order valence-corrected chi connectivity index (χ4v) is 2.07. The van der Waals surface area contributed by atoms with E-state index in [2.05, 4.69) is 5.32 Å². The molecule has 2 aromatic carbocycles. The molecule has 1 atom stereocenters. The highest BCUT2D eigenvalue weighted by Gasteiger charge is 2.16. The van der Waals surface area contributed by atoms with Crippen LogP contribution in [0.2, 0.25) is 0 Å². The summed E-state index contributed by atoms with van der Waals surface area (Å²) in [5.41, 5.74) is 0.123. The molecule has 0 fully saturated rings. The number of carbonyl (C=O) groups excluding carboxylic acids is 1. The Hall–Kier alpha value is -2.41. The molecule has 0 aliphatic carbocycles. The fraction of sp³-hybridized carbons (Fsp3) is 0.188. The molecule has 1 amide bonds. The Morgan fingerprint density at radius 2 is 1.65 bits per heavy atom. The second-order valence-corrected chi connectivity index (χ2v) is 5.07. The van der Waals surface area contributed by atoms with Gasteiger partial charge in [0.1, 0.15) is 29.3 Å². The molecule has 7 heteroatoms. The Labute approximate surface area is 130 Å². The summed E-state index contributed by atoms with van der Waals surface area (Å²) < 4.78 is 52.7. The topological polar surface area (TPSA) is 45.7 Å². The monoisotopic (exact) mass is 327 g/mol. The van der Waals surface area contributed by atoms with E-state index < -0.39 is 35.2 Å². The van der Waals surface area contributed by atoms with Gasteiger partial charge in [0.2, 0.25) is 0 Å². The SMILES string of the molecule is C[C@H]([NH2+]CC(=O)Nc1ccc(F)cc1F)c1ccc(F)cc1F. The predicted molar refractivity (Wildman–Crippen MR) is 76.6 cm³/mol. The number of halogens is 4. The molecule has 2 aromatic rings. The highest BCUT2D eigenvalue weighted by molar-refractivity contribution is 5.91. The number of amides is 1. The van der Waals surface area contributed by atoms with Crippen molar-refractivity contribution in [1.29, 1.82) is 0 Å². The zero-order valence-corrected chi connectivity index (χ0v) is 12.2. The number of anilines is 1. The van der Waals surface area contributed by atoms with Crippen molar-refractivity contribution in [2.75, 3.05) is 11.9 Å². The van der Waals surface area contributed by atoms with Crippen LogP contribution in [0.15, 0.2) is 36.4 Å². The molecule has 3 nitrogen and oxygen atoms in total. The lowest BCUT2D eigenvalue weighted by molar-refractivity contribution is -0.682. The van der Waals surface area contributed by atoms with Crippen LogP contribution in [0.4, 0.5) is 23.2 Å². The van der Waals surface area contributed by atoms with Gasteiger partial charge in [-0.3, -0.25) is 4.79 Å². The molecule has 0 aliphatic rings. The van der Waals surface area contributed by atoms with Gasteiger partial charge in [-0.25, -0.2) is 17.6 Å². The summed E-state index contributed by atoms with van der Waals surface area (Å²) in [5.74, 6) is -3.52. The Morgan fingerprint density at radius 1 is 1.04 bits per heavy atom. The van der Waals surface area contributed by atoms with Gasteiger partial charge in [-0.05, 0) is 31.2 Å². The highest BCUT2D eigenvalue weighted by atomic mass is 19.1. The molecular formula is C16H15F4N2O+. The van der Waals surface area contributed by atoms with Crippen molar-refractivity contribution in [2.24, 2.45) is 0 Å². The summed E-state index contributed by atoms with van der Waals surface area (Å²) in [7, 11) is 0. The first-order chi connectivity index (χ1) is 10.9. The van der Waals surface area contributed by atoms with Crippen molar-refractivity contribution in [3.05, 3.63) is 65.2 Å². The molecule has 3 N–H and O–H groups in total. The first kappa shape index (κ1) is 17.0. The van der Waals surface area contributed by atoms with Gasteiger partial charge in [-0.2, -0.15) is 0 Å². The fourth-order valence-electron chi connectivity index (χ4n) is 2.07. The third kappa shape index (κ3) is 4.53. The van der Waals surface area contributed by atoms with E-state index >= 15 is 0 Å². The zero-order valence-electron chi connectivity index (χ0n) is 12.2.